The molecule has 0 amide bonds. The number of anilines is 1. The van der Waals surface area contributed by atoms with E-state index in [-0.39, 0.29) is 0 Å². The van der Waals surface area contributed by atoms with Gasteiger partial charge in [-0.1, -0.05) is 62.4 Å². The molecule has 31 heavy (non-hydrogen) atoms. The molecule has 4 aromatic rings. The smallest absolute Gasteiger partial charge is 0.129 e. The summed E-state index contributed by atoms with van der Waals surface area (Å²) in [4.78, 5) is 9.57. The first-order valence-electron chi connectivity index (χ1n) is 11.6. The van der Waals surface area contributed by atoms with Crippen LogP contribution in [-0.4, -0.2) is 47.7 Å². The number of likely N-dealkylation sites (N-methyl/N-ethyl adjacent to an activating group) is 2. The van der Waals surface area contributed by atoms with E-state index in [0.717, 1.165) is 51.4 Å². The number of benzene rings is 2. The van der Waals surface area contributed by atoms with Crippen LogP contribution in [0.2, 0.25) is 0 Å². The predicted molar refractivity (Wildman–Crippen MR) is 133 cm³/mol. The highest BCUT2D eigenvalue weighted by Gasteiger charge is 2.13. The van der Waals surface area contributed by atoms with Gasteiger partial charge in [0.25, 0.3) is 0 Å². The second-order valence-electron chi connectivity index (χ2n) is 8.27. The van der Waals surface area contributed by atoms with E-state index in [1.54, 1.807) is 0 Å². The molecule has 0 saturated carbocycles. The number of rotatable bonds is 10. The van der Waals surface area contributed by atoms with Gasteiger partial charge in [0.15, 0.2) is 0 Å². The fraction of sp³-hybridized carbons (Fsp3) is 0.370. The highest BCUT2D eigenvalue weighted by atomic mass is 15.2. The van der Waals surface area contributed by atoms with E-state index in [1.165, 1.54) is 27.4 Å². The average molecular weight is 415 g/mol. The Bertz CT molecular complexity index is 1110. The van der Waals surface area contributed by atoms with E-state index < -0.39 is 0 Å². The lowest BCUT2D eigenvalue weighted by atomic mass is 10.1. The molecule has 2 aromatic heterocycles. The molecule has 0 fully saturated rings. The molecular formula is C27H34N4. The van der Waals surface area contributed by atoms with Gasteiger partial charge in [-0.15, -0.1) is 0 Å². The maximum Gasteiger partial charge on any atom is 0.129 e. The molecule has 2 aromatic carbocycles. The number of para-hydroxylation sites is 1. The van der Waals surface area contributed by atoms with Gasteiger partial charge >= 0.3 is 0 Å². The second kappa shape index (κ2) is 9.97. The molecule has 4 rings (SSSR count). The summed E-state index contributed by atoms with van der Waals surface area (Å²) in [6, 6.07) is 21.8. The molecule has 162 valence electrons. The summed E-state index contributed by atoms with van der Waals surface area (Å²) in [5, 5.41) is 2.62. The van der Waals surface area contributed by atoms with Gasteiger partial charge in [-0.25, -0.2) is 4.98 Å². The third-order valence-corrected chi connectivity index (χ3v) is 6.37. The van der Waals surface area contributed by atoms with Crippen LogP contribution in [0, 0.1) is 0 Å². The Balaban J connectivity index is 1.58. The van der Waals surface area contributed by atoms with E-state index in [1.807, 2.05) is 0 Å². The van der Waals surface area contributed by atoms with Crippen LogP contribution in [0.15, 0.2) is 66.9 Å². The van der Waals surface area contributed by atoms with Gasteiger partial charge in [0.2, 0.25) is 0 Å². The van der Waals surface area contributed by atoms with E-state index in [2.05, 4.69) is 102 Å². The standard InChI is InChI=1S/C27H34N4/c1-4-30(5-2)19-18-29(3)27-20-24-23-15-9-10-16-25(23)31(26(24)21-28-27)17-11-14-22-12-7-6-8-13-22/h6-10,12-13,15-16,20-21H,4-5,11,14,17-19H2,1-3H3. The van der Waals surface area contributed by atoms with Crippen LogP contribution >= 0.6 is 0 Å². The van der Waals surface area contributed by atoms with Crippen molar-refractivity contribution >= 4 is 27.6 Å². The molecular weight excluding hydrogens is 380 g/mol. The minimum atomic E-state index is 0.982. The van der Waals surface area contributed by atoms with Gasteiger partial charge in [0.05, 0.1) is 11.7 Å². The van der Waals surface area contributed by atoms with Crippen LogP contribution < -0.4 is 4.90 Å². The molecule has 4 nitrogen and oxygen atoms in total. The quantitative estimate of drug-likeness (QED) is 0.338. The number of hydrogen-bond acceptors (Lipinski definition) is 3. The third-order valence-electron chi connectivity index (χ3n) is 6.37. The highest BCUT2D eigenvalue weighted by Crippen LogP contribution is 2.31. The number of hydrogen-bond donors (Lipinski definition) is 0. The van der Waals surface area contributed by atoms with E-state index in [0.29, 0.717) is 0 Å². The van der Waals surface area contributed by atoms with Crippen molar-refractivity contribution in [3.05, 3.63) is 72.4 Å². The molecule has 0 radical (unpaired) electrons. The Hall–Kier alpha value is -2.85. The summed E-state index contributed by atoms with van der Waals surface area (Å²) in [6.07, 6.45) is 4.28. The fourth-order valence-electron chi connectivity index (χ4n) is 4.42. The topological polar surface area (TPSA) is 24.3 Å². The third kappa shape index (κ3) is 4.75. The Morgan fingerprint density at radius 3 is 2.35 bits per heavy atom. The zero-order valence-corrected chi connectivity index (χ0v) is 19.1. The summed E-state index contributed by atoms with van der Waals surface area (Å²) in [5.74, 6) is 1.05. The SMILES string of the molecule is CCN(CC)CCN(C)c1cc2c3ccccc3n(CCCc3ccccc3)c2cn1. The molecule has 0 aliphatic carbocycles. The Labute approximate surface area is 186 Å². The summed E-state index contributed by atoms with van der Waals surface area (Å²) in [7, 11) is 2.15. The van der Waals surface area contributed by atoms with E-state index in [4.69, 9.17) is 4.98 Å². The van der Waals surface area contributed by atoms with Gasteiger partial charge in [-0.05, 0) is 43.6 Å². The molecule has 0 bridgehead atoms. The largest absolute Gasteiger partial charge is 0.358 e. The molecule has 0 unspecified atom stereocenters. The molecule has 0 N–H and O–H groups in total. The summed E-state index contributed by atoms with van der Waals surface area (Å²) >= 11 is 0. The molecule has 0 spiro atoms. The summed E-state index contributed by atoms with van der Waals surface area (Å²) in [5.41, 5.74) is 3.93. The highest BCUT2D eigenvalue weighted by molar-refractivity contribution is 6.08. The van der Waals surface area contributed by atoms with Crippen LogP contribution in [0.3, 0.4) is 0 Å². The van der Waals surface area contributed by atoms with Gasteiger partial charge in [0.1, 0.15) is 5.82 Å². The first-order chi connectivity index (χ1) is 15.2. The van der Waals surface area contributed by atoms with Gasteiger partial charge in [-0.2, -0.15) is 0 Å². The predicted octanol–water partition coefficient (Wildman–Crippen LogP) is 5.60. The van der Waals surface area contributed by atoms with Crippen LogP contribution in [-0.2, 0) is 13.0 Å². The van der Waals surface area contributed by atoms with Crippen LogP contribution in [0.25, 0.3) is 21.8 Å². The van der Waals surface area contributed by atoms with Crippen molar-refractivity contribution in [1.82, 2.24) is 14.5 Å². The monoisotopic (exact) mass is 414 g/mol. The van der Waals surface area contributed by atoms with Crippen LogP contribution in [0.4, 0.5) is 5.82 Å². The van der Waals surface area contributed by atoms with Gasteiger partial charge < -0.3 is 14.4 Å². The first kappa shape index (κ1) is 21.4. The zero-order chi connectivity index (χ0) is 21.6. The lowest BCUT2D eigenvalue weighted by molar-refractivity contribution is 0.311. The summed E-state index contributed by atoms with van der Waals surface area (Å²) in [6.45, 7) is 9.67. The minimum absolute atomic E-state index is 0.982. The van der Waals surface area contributed by atoms with E-state index >= 15 is 0 Å². The molecule has 4 heteroatoms. The van der Waals surface area contributed by atoms with Crippen molar-refractivity contribution in [2.75, 3.05) is 38.1 Å². The van der Waals surface area contributed by atoms with E-state index in [9.17, 15) is 0 Å². The van der Waals surface area contributed by atoms with Crippen molar-refractivity contribution < 1.29 is 0 Å². The number of nitrogens with zero attached hydrogens (tertiary/aromatic N) is 4. The maximum atomic E-state index is 4.85. The molecule has 0 aliphatic heterocycles. The second-order valence-corrected chi connectivity index (χ2v) is 8.27. The lowest BCUT2D eigenvalue weighted by Gasteiger charge is -2.24. The summed E-state index contributed by atoms with van der Waals surface area (Å²) < 4.78 is 2.44. The number of aryl methyl sites for hydroxylation is 2. The molecule has 2 heterocycles. The fourth-order valence-corrected chi connectivity index (χ4v) is 4.42. The van der Waals surface area contributed by atoms with Crippen molar-refractivity contribution in [3.8, 4) is 0 Å². The van der Waals surface area contributed by atoms with Crippen molar-refractivity contribution in [1.29, 1.82) is 0 Å². The number of fused-ring (bicyclic) bond motifs is 3. The number of pyridine rings is 1. The molecule has 0 aliphatic rings. The Kier molecular flexibility index (Phi) is 6.88. The molecule has 0 atom stereocenters. The van der Waals surface area contributed by atoms with Crippen LogP contribution in [0.5, 0.6) is 0 Å². The maximum absolute atomic E-state index is 4.85. The number of aromatic nitrogens is 2. The Morgan fingerprint density at radius 1 is 0.839 bits per heavy atom. The van der Waals surface area contributed by atoms with Gasteiger partial charge in [0, 0.05) is 43.0 Å². The first-order valence-corrected chi connectivity index (χ1v) is 11.6. The average Bonchev–Trinajstić information content (AvgIpc) is 3.13. The zero-order valence-electron chi connectivity index (χ0n) is 19.1. The Morgan fingerprint density at radius 2 is 1.58 bits per heavy atom. The lowest BCUT2D eigenvalue weighted by Crippen LogP contribution is -2.33. The van der Waals surface area contributed by atoms with Crippen molar-refractivity contribution in [3.63, 3.8) is 0 Å². The van der Waals surface area contributed by atoms with Gasteiger partial charge in [-0.3, -0.25) is 0 Å². The van der Waals surface area contributed by atoms with Crippen molar-refractivity contribution in [2.45, 2.75) is 33.2 Å². The molecule has 0 saturated heterocycles. The van der Waals surface area contributed by atoms with Crippen LogP contribution in [0.1, 0.15) is 25.8 Å². The van der Waals surface area contributed by atoms with Crippen molar-refractivity contribution in [2.24, 2.45) is 0 Å². The minimum Gasteiger partial charge on any atom is -0.358 e. The normalized spacial score (nSPS) is 11.6.